The van der Waals surface area contributed by atoms with E-state index in [0.29, 0.717) is 18.4 Å². The molecule has 0 radical (unpaired) electrons. The number of benzene rings is 2. The summed E-state index contributed by atoms with van der Waals surface area (Å²) in [5.74, 6) is -4.38. The molecular weight excluding hydrogens is 552 g/mol. The normalized spacial score (nSPS) is 12.9. The number of carbonyl (C=O) groups is 2. The molecule has 0 saturated carbocycles. The van der Waals surface area contributed by atoms with Crippen LogP contribution in [0.15, 0.2) is 119 Å². The monoisotopic (exact) mass is 598 g/mol. The van der Waals surface area contributed by atoms with Crippen molar-refractivity contribution in [3.05, 3.63) is 131 Å². The van der Waals surface area contributed by atoms with Crippen molar-refractivity contribution in [2.24, 2.45) is 0 Å². The van der Waals surface area contributed by atoms with E-state index in [1.54, 1.807) is 6.92 Å². The van der Waals surface area contributed by atoms with Gasteiger partial charge in [0, 0.05) is 18.2 Å². The molecule has 0 fully saturated rings. The number of aliphatic hydroxyl groups excluding tert-OH is 1. The molecule has 0 atom stereocenters. The Morgan fingerprint density at radius 3 is 1.66 bits per heavy atom. The molecule has 0 spiro atoms. The third-order valence-corrected chi connectivity index (χ3v) is 6.57. The van der Waals surface area contributed by atoms with Crippen LogP contribution in [0, 0.1) is 0 Å². The summed E-state index contributed by atoms with van der Waals surface area (Å²) < 4.78 is 10.5. The Morgan fingerprint density at radius 1 is 0.682 bits per heavy atom. The Morgan fingerprint density at radius 2 is 1.16 bits per heavy atom. The first kappa shape index (κ1) is 35.9. The maximum Gasteiger partial charge on any atom is 0.396 e. The number of esters is 2. The molecule has 0 amide bonds. The highest BCUT2D eigenvalue weighted by molar-refractivity contribution is 5.89. The fraction of sp³-hybridized carbons (Fsp3) is 0.316. The highest BCUT2D eigenvalue weighted by atomic mass is 16.8. The van der Waals surface area contributed by atoms with Crippen LogP contribution in [0.1, 0.15) is 77.3 Å². The van der Waals surface area contributed by atoms with E-state index in [-0.39, 0.29) is 6.61 Å². The summed E-state index contributed by atoms with van der Waals surface area (Å²) in [5, 5.41) is 21.0. The van der Waals surface area contributed by atoms with Crippen LogP contribution in [0.25, 0.3) is 12.2 Å². The van der Waals surface area contributed by atoms with Gasteiger partial charge in [-0.15, -0.1) is 0 Å². The molecular formula is C38H46O6. The summed E-state index contributed by atoms with van der Waals surface area (Å²) in [7, 11) is 0. The lowest BCUT2D eigenvalue weighted by atomic mass is 10.0. The van der Waals surface area contributed by atoms with E-state index >= 15 is 0 Å². The van der Waals surface area contributed by atoms with Crippen LogP contribution in [0.2, 0.25) is 0 Å². The molecule has 0 aromatic heterocycles. The number of aliphatic hydroxyl groups is 2. The second kappa shape index (κ2) is 19.8. The average Bonchev–Trinajstić information content (AvgIpc) is 2.98. The van der Waals surface area contributed by atoms with E-state index in [2.05, 4.69) is 32.9 Å². The van der Waals surface area contributed by atoms with Crippen molar-refractivity contribution in [1.29, 1.82) is 0 Å². The van der Waals surface area contributed by atoms with Gasteiger partial charge >= 0.3 is 17.9 Å². The number of hydrogen-bond acceptors (Lipinski definition) is 6. The third kappa shape index (κ3) is 15.8. The van der Waals surface area contributed by atoms with Crippen molar-refractivity contribution in [3.63, 3.8) is 0 Å². The zero-order valence-electron chi connectivity index (χ0n) is 26.4. The van der Waals surface area contributed by atoms with Crippen molar-refractivity contribution >= 4 is 24.1 Å². The summed E-state index contributed by atoms with van der Waals surface area (Å²) in [6.07, 6.45) is 17.8. The largest absolute Gasteiger partial charge is 0.396 e. The van der Waals surface area contributed by atoms with Gasteiger partial charge in [0.15, 0.2) is 0 Å². The van der Waals surface area contributed by atoms with Gasteiger partial charge in [-0.1, -0.05) is 95.6 Å². The SMILES string of the molecule is CC(C)=CCC/C(C)=C/CC/C(=C/CC/C(C)=C/C(O)(OC(=O)/C=C/c1ccccc1)OC(=O)/C=C/c1ccccc1)CO. The van der Waals surface area contributed by atoms with Gasteiger partial charge in [-0.3, -0.25) is 0 Å². The van der Waals surface area contributed by atoms with Crippen LogP contribution >= 0.6 is 0 Å². The summed E-state index contributed by atoms with van der Waals surface area (Å²) in [4.78, 5) is 25.2. The molecule has 2 rings (SSSR count). The molecule has 2 N–H and O–H groups in total. The fourth-order valence-electron chi connectivity index (χ4n) is 4.22. The minimum atomic E-state index is -2.61. The van der Waals surface area contributed by atoms with Crippen LogP contribution in [0.5, 0.6) is 0 Å². The molecule has 2 aromatic carbocycles. The Hall–Kier alpha value is -4.26. The summed E-state index contributed by atoms with van der Waals surface area (Å²) in [5.41, 5.74) is 5.75. The Labute approximate surface area is 262 Å². The summed E-state index contributed by atoms with van der Waals surface area (Å²) in [6.45, 7) is 8.04. The van der Waals surface area contributed by atoms with Crippen molar-refractivity contribution < 1.29 is 29.3 Å². The third-order valence-electron chi connectivity index (χ3n) is 6.57. The predicted molar refractivity (Wildman–Crippen MR) is 178 cm³/mol. The Balaban J connectivity index is 2.07. The predicted octanol–water partition coefficient (Wildman–Crippen LogP) is 8.26. The quantitative estimate of drug-likeness (QED) is 0.0824. The van der Waals surface area contributed by atoms with Gasteiger partial charge in [-0.2, -0.15) is 0 Å². The number of ether oxygens (including phenoxy) is 2. The van der Waals surface area contributed by atoms with Crippen LogP contribution < -0.4 is 0 Å². The summed E-state index contributed by atoms with van der Waals surface area (Å²) in [6, 6.07) is 18.3. The van der Waals surface area contributed by atoms with Gasteiger partial charge in [0.05, 0.1) is 6.61 Å². The van der Waals surface area contributed by atoms with Crippen molar-refractivity contribution in [3.8, 4) is 0 Å². The molecule has 0 aliphatic rings. The highest BCUT2D eigenvalue weighted by Gasteiger charge is 2.33. The molecule has 0 aliphatic carbocycles. The van der Waals surface area contributed by atoms with Crippen LogP contribution in [0.4, 0.5) is 0 Å². The van der Waals surface area contributed by atoms with Crippen molar-refractivity contribution in [2.75, 3.05) is 6.61 Å². The lowest BCUT2D eigenvalue weighted by Gasteiger charge is -2.23. The topological polar surface area (TPSA) is 93.1 Å². The smallest absolute Gasteiger partial charge is 0.392 e. The Bertz CT molecular complexity index is 1290. The van der Waals surface area contributed by atoms with Crippen molar-refractivity contribution in [2.45, 2.75) is 72.2 Å². The number of allylic oxidation sites excluding steroid dienone is 6. The minimum absolute atomic E-state index is 0.0337. The lowest BCUT2D eigenvalue weighted by molar-refractivity contribution is -0.291. The van der Waals surface area contributed by atoms with E-state index in [0.717, 1.165) is 54.5 Å². The number of carbonyl (C=O) groups excluding carboxylic acids is 2. The first-order chi connectivity index (χ1) is 21.1. The molecule has 0 unspecified atom stereocenters. The number of rotatable bonds is 17. The maximum atomic E-state index is 12.6. The van der Waals surface area contributed by atoms with E-state index in [9.17, 15) is 19.8 Å². The standard InChI is InChI=1S/C38H46O6/c1-30(2)14-11-15-31(3)16-12-22-35(29-39)23-13-17-32(4)28-38(42,43-36(40)26-24-33-18-7-5-8-19-33)44-37(41)27-25-34-20-9-6-10-21-34/h5-10,14,16,18-21,23-28,39,42H,11-13,15,17,22,29H2,1-4H3/b26-24+,27-25+,31-16+,32-28+,35-23-. The first-order valence-electron chi connectivity index (χ1n) is 15.0. The van der Waals surface area contributed by atoms with Crippen LogP contribution in [-0.2, 0) is 19.1 Å². The van der Waals surface area contributed by atoms with E-state index < -0.39 is 17.9 Å². The molecule has 0 heterocycles. The second-order valence-corrected chi connectivity index (χ2v) is 10.9. The fourth-order valence-corrected chi connectivity index (χ4v) is 4.22. The first-order valence-corrected chi connectivity index (χ1v) is 15.0. The van der Waals surface area contributed by atoms with Gasteiger partial charge in [-0.25, -0.2) is 9.59 Å². The molecule has 0 bridgehead atoms. The number of hydrogen-bond donors (Lipinski definition) is 2. The molecule has 2 aromatic rings. The molecule has 0 aliphatic heterocycles. The zero-order chi connectivity index (χ0) is 32.2. The van der Waals surface area contributed by atoms with Gasteiger partial charge in [0.1, 0.15) is 0 Å². The van der Waals surface area contributed by atoms with E-state index in [1.165, 1.54) is 29.4 Å². The van der Waals surface area contributed by atoms with Gasteiger partial charge in [0.2, 0.25) is 0 Å². The maximum absolute atomic E-state index is 12.6. The van der Waals surface area contributed by atoms with Gasteiger partial charge in [0.25, 0.3) is 0 Å². The lowest BCUT2D eigenvalue weighted by Crippen LogP contribution is -2.37. The molecule has 6 heteroatoms. The molecule has 44 heavy (non-hydrogen) atoms. The molecule has 6 nitrogen and oxygen atoms in total. The Kier molecular flexibility index (Phi) is 16.2. The summed E-state index contributed by atoms with van der Waals surface area (Å²) >= 11 is 0. The second-order valence-electron chi connectivity index (χ2n) is 10.9. The van der Waals surface area contributed by atoms with E-state index in [4.69, 9.17) is 9.47 Å². The van der Waals surface area contributed by atoms with Gasteiger partial charge in [-0.05, 0) is 95.1 Å². The van der Waals surface area contributed by atoms with Crippen LogP contribution in [0.3, 0.4) is 0 Å². The van der Waals surface area contributed by atoms with Crippen LogP contribution in [-0.4, -0.2) is 34.7 Å². The van der Waals surface area contributed by atoms with E-state index in [1.807, 2.05) is 66.7 Å². The molecule has 234 valence electrons. The van der Waals surface area contributed by atoms with Crippen molar-refractivity contribution in [1.82, 2.24) is 0 Å². The molecule has 0 saturated heterocycles. The zero-order valence-corrected chi connectivity index (χ0v) is 26.4. The van der Waals surface area contributed by atoms with Gasteiger partial charge < -0.3 is 19.7 Å². The highest BCUT2D eigenvalue weighted by Crippen LogP contribution is 2.20. The minimum Gasteiger partial charge on any atom is -0.392 e. The average molecular weight is 599 g/mol.